The lowest BCUT2D eigenvalue weighted by Crippen LogP contribution is -1.93. The summed E-state index contributed by atoms with van der Waals surface area (Å²) in [5.41, 5.74) is 4.04. The Labute approximate surface area is 107 Å². The van der Waals surface area contributed by atoms with Crippen molar-refractivity contribution in [2.45, 2.75) is 6.92 Å². The zero-order valence-electron chi connectivity index (χ0n) is 9.55. The van der Waals surface area contributed by atoms with E-state index in [0.29, 0.717) is 0 Å². The second kappa shape index (κ2) is 3.70. The Morgan fingerprint density at radius 3 is 2.76 bits per heavy atom. The number of nitrogens with zero attached hydrogens (tertiary/aromatic N) is 4. The van der Waals surface area contributed by atoms with Gasteiger partial charge < -0.3 is 4.40 Å². The smallest absolute Gasteiger partial charge is 0.137 e. The van der Waals surface area contributed by atoms with Gasteiger partial charge in [-0.1, -0.05) is 0 Å². The molecule has 0 aromatic carbocycles. The van der Waals surface area contributed by atoms with Crippen LogP contribution in [0.2, 0.25) is 0 Å². The molecule has 0 aliphatic heterocycles. The second-order valence-corrected chi connectivity index (χ2v) is 4.82. The fourth-order valence-electron chi connectivity index (χ4n) is 1.91. The van der Waals surface area contributed by atoms with Gasteiger partial charge in [-0.3, -0.25) is 4.68 Å². The van der Waals surface area contributed by atoms with Crippen LogP contribution in [0.5, 0.6) is 0 Å². The molecule has 3 rings (SSSR count). The predicted octanol–water partition coefficient (Wildman–Crippen LogP) is 2.81. The minimum absolute atomic E-state index is 0.936. The van der Waals surface area contributed by atoms with Crippen molar-refractivity contribution >= 4 is 21.6 Å². The van der Waals surface area contributed by atoms with Crippen LogP contribution in [0.15, 0.2) is 35.1 Å². The number of imidazole rings is 1. The average molecular weight is 291 g/mol. The van der Waals surface area contributed by atoms with Gasteiger partial charge in [0.05, 0.1) is 5.69 Å². The van der Waals surface area contributed by atoms with Gasteiger partial charge in [0, 0.05) is 29.6 Å². The molecular formula is C12H11BrN4. The molecule has 17 heavy (non-hydrogen) atoms. The van der Waals surface area contributed by atoms with Crippen molar-refractivity contribution in [3.05, 3.63) is 40.8 Å². The topological polar surface area (TPSA) is 35.1 Å². The van der Waals surface area contributed by atoms with E-state index in [1.807, 2.05) is 36.1 Å². The largest absolute Gasteiger partial charge is 0.303 e. The van der Waals surface area contributed by atoms with Gasteiger partial charge in [-0.15, -0.1) is 0 Å². The third-order valence-corrected chi connectivity index (χ3v) is 3.74. The van der Waals surface area contributed by atoms with Crippen LogP contribution in [-0.4, -0.2) is 19.2 Å². The highest BCUT2D eigenvalue weighted by Gasteiger charge is 2.09. The van der Waals surface area contributed by atoms with Crippen LogP contribution in [0.3, 0.4) is 0 Å². The van der Waals surface area contributed by atoms with Crippen LogP contribution in [0.4, 0.5) is 0 Å². The van der Waals surface area contributed by atoms with E-state index in [0.717, 1.165) is 27.2 Å². The zero-order valence-corrected chi connectivity index (χ0v) is 11.1. The van der Waals surface area contributed by atoms with E-state index in [1.54, 1.807) is 6.20 Å². The summed E-state index contributed by atoms with van der Waals surface area (Å²) >= 11 is 3.52. The maximum Gasteiger partial charge on any atom is 0.137 e. The number of hydrogen-bond acceptors (Lipinski definition) is 2. The van der Waals surface area contributed by atoms with Crippen LogP contribution in [0.1, 0.15) is 5.69 Å². The number of aryl methyl sites for hydroxylation is 2. The van der Waals surface area contributed by atoms with Gasteiger partial charge in [-0.25, -0.2) is 4.98 Å². The number of rotatable bonds is 1. The molecule has 0 atom stereocenters. The molecule has 0 unspecified atom stereocenters. The summed E-state index contributed by atoms with van der Waals surface area (Å²) in [4.78, 5) is 4.60. The van der Waals surface area contributed by atoms with Gasteiger partial charge in [0.1, 0.15) is 11.3 Å². The third kappa shape index (κ3) is 1.58. The summed E-state index contributed by atoms with van der Waals surface area (Å²) in [6, 6.07) is 5.98. The molecule has 3 heterocycles. The number of halogens is 1. The molecule has 3 aromatic heterocycles. The first-order valence-electron chi connectivity index (χ1n) is 5.29. The molecule has 0 saturated heterocycles. The summed E-state index contributed by atoms with van der Waals surface area (Å²) in [5.74, 6) is 0. The highest BCUT2D eigenvalue weighted by atomic mass is 79.9. The minimum atomic E-state index is 0.936. The van der Waals surface area contributed by atoms with E-state index < -0.39 is 0 Å². The summed E-state index contributed by atoms with van der Waals surface area (Å²) in [5, 5.41) is 4.16. The monoisotopic (exact) mass is 290 g/mol. The molecule has 86 valence electrons. The van der Waals surface area contributed by atoms with E-state index in [2.05, 4.69) is 37.3 Å². The predicted molar refractivity (Wildman–Crippen MR) is 69.8 cm³/mol. The van der Waals surface area contributed by atoms with Gasteiger partial charge in [-0.2, -0.15) is 5.10 Å². The van der Waals surface area contributed by atoms with Crippen molar-refractivity contribution in [2.75, 3.05) is 0 Å². The van der Waals surface area contributed by atoms with Gasteiger partial charge in [0.15, 0.2) is 0 Å². The molecule has 0 aliphatic rings. The summed E-state index contributed by atoms with van der Waals surface area (Å²) in [7, 11) is 1.92. The first kappa shape index (κ1) is 10.5. The van der Waals surface area contributed by atoms with E-state index >= 15 is 0 Å². The molecule has 0 N–H and O–H groups in total. The maximum absolute atomic E-state index is 4.60. The van der Waals surface area contributed by atoms with Gasteiger partial charge in [0.2, 0.25) is 0 Å². The summed E-state index contributed by atoms with van der Waals surface area (Å²) < 4.78 is 4.98. The lowest BCUT2D eigenvalue weighted by molar-refractivity contribution is 0.774. The number of pyridine rings is 1. The first-order valence-corrected chi connectivity index (χ1v) is 6.08. The highest BCUT2D eigenvalue weighted by molar-refractivity contribution is 9.10. The van der Waals surface area contributed by atoms with Crippen LogP contribution in [-0.2, 0) is 7.05 Å². The Balaban J connectivity index is 2.27. The van der Waals surface area contributed by atoms with E-state index in [1.165, 1.54) is 0 Å². The summed E-state index contributed by atoms with van der Waals surface area (Å²) in [6.07, 6.45) is 3.81. The highest BCUT2D eigenvalue weighted by Crippen LogP contribution is 2.22. The first-order chi connectivity index (χ1) is 8.16. The average Bonchev–Trinajstić information content (AvgIpc) is 2.89. The molecule has 5 heteroatoms. The van der Waals surface area contributed by atoms with Crippen molar-refractivity contribution in [1.82, 2.24) is 19.2 Å². The molecule has 3 aromatic rings. The molecule has 0 aliphatic carbocycles. The SMILES string of the molecule is Cc1c(Br)ccc2nc(-c3ccnn3C)cn12. The van der Waals surface area contributed by atoms with Gasteiger partial charge in [-0.05, 0) is 41.1 Å². The van der Waals surface area contributed by atoms with E-state index in [4.69, 9.17) is 0 Å². The maximum atomic E-state index is 4.60. The van der Waals surface area contributed by atoms with Crippen molar-refractivity contribution < 1.29 is 0 Å². The minimum Gasteiger partial charge on any atom is -0.303 e. The Bertz CT molecular complexity index is 696. The van der Waals surface area contributed by atoms with Crippen molar-refractivity contribution in [1.29, 1.82) is 0 Å². The number of aromatic nitrogens is 4. The Hall–Kier alpha value is -1.62. The number of hydrogen-bond donors (Lipinski definition) is 0. The van der Waals surface area contributed by atoms with E-state index in [9.17, 15) is 0 Å². The normalized spacial score (nSPS) is 11.2. The van der Waals surface area contributed by atoms with Crippen LogP contribution in [0.25, 0.3) is 17.0 Å². The fraction of sp³-hybridized carbons (Fsp3) is 0.167. The lowest BCUT2D eigenvalue weighted by atomic mass is 10.3. The van der Waals surface area contributed by atoms with E-state index in [-0.39, 0.29) is 0 Å². The molecule has 0 saturated carbocycles. The zero-order chi connectivity index (χ0) is 12.0. The van der Waals surface area contributed by atoms with Crippen LogP contribution >= 0.6 is 15.9 Å². The molecule has 0 fully saturated rings. The second-order valence-electron chi connectivity index (χ2n) is 3.96. The Kier molecular flexibility index (Phi) is 2.29. The van der Waals surface area contributed by atoms with Crippen LogP contribution < -0.4 is 0 Å². The summed E-state index contributed by atoms with van der Waals surface area (Å²) in [6.45, 7) is 2.06. The lowest BCUT2D eigenvalue weighted by Gasteiger charge is -2.00. The van der Waals surface area contributed by atoms with Gasteiger partial charge in [0.25, 0.3) is 0 Å². The molecule has 0 amide bonds. The van der Waals surface area contributed by atoms with Crippen molar-refractivity contribution in [2.24, 2.45) is 7.05 Å². The van der Waals surface area contributed by atoms with Crippen LogP contribution in [0, 0.1) is 6.92 Å². The quantitative estimate of drug-likeness (QED) is 0.691. The molecule has 4 nitrogen and oxygen atoms in total. The number of fused-ring (bicyclic) bond motifs is 1. The Morgan fingerprint density at radius 2 is 2.06 bits per heavy atom. The standard InChI is InChI=1S/C12H11BrN4/c1-8-9(13)3-4-12-15-10(7-17(8)12)11-5-6-14-16(11)2/h3-7H,1-2H3. The van der Waals surface area contributed by atoms with Crippen molar-refractivity contribution in [3.8, 4) is 11.4 Å². The molecule has 0 radical (unpaired) electrons. The van der Waals surface area contributed by atoms with Crippen molar-refractivity contribution in [3.63, 3.8) is 0 Å². The molecule has 0 bridgehead atoms. The molecular weight excluding hydrogens is 280 g/mol. The molecule has 0 spiro atoms. The van der Waals surface area contributed by atoms with Gasteiger partial charge >= 0.3 is 0 Å². The third-order valence-electron chi connectivity index (χ3n) is 2.90. The fourth-order valence-corrected chi connectivity index (χ4v) is 2.24. The Morgan fingerprint density at radius 1 is 1.24 bits per heavy atom.